The average molecular weight is 420 g/mol. The number of likely N-dealkylation sites (N-methyl/N-ethyl adjacent to an activating group) is 1. The Kier molecular flexibility index (Phi) is 7.56. The number of rotatable bonds is 9. The van der Waals surface area contributed by atoms with E-state index in [1.807, 2.05) is 42.5 Å². The minimum Gasteiger partial charge on any atom is -0.497 e. The van der Waals surface area contributed by atoms with Crippen LogP contribution < -0.4 is 15.8 Å². The molecule has 0 atom stereocenters. The number of carbonyl (C=O) groups excluding carboxylic acids is 1. The smallest absolute Gasteiger partial charge is 0.251 e. The zero-order chi connectivity index (χ0) is 22.2. The van der Waals surface area contributed by atoms with Crippen molar-refractivity contribution in [3.05, 3.63) is 60.3 Å². The lowest BCUT2D eigenvalue weighted by molar-refractivity contribution is 0.0949. The molecule has 3 N–H and O–H groups in total. The van der Waals surface area contributed by atoms with Crippen LogP contribution in [0.2, 0.25) is 0 Å². The quantitative estimate of drug-likeness (QED) is 0.552. The molecular formula is C24H29N5O2. The maximum absolute atomic E-state index is 12.6. The minimum absolute atomic E-state index is 0.106. The van der Waals surface area contributed by atoms with Crippen molar-refractivity contribution in [2.75, 3.05) is 39.0 Å². The maximum Gasteiger partial charge on any atom is 0.251 e. The molecule has 0 aliphatic rings. The van der Waals surface area contributed by atoms with E-state index in [2.05, 4.69) is 29.0 Å². The predicted molar refractivity (Wildman–Crippen MR) is 124 cm³/mol. The van der Waals surface area contributed by atoms with Crippen LogP contribution >= 0.6 is 0 Å². The normalized spacial score (nSPS) is 10.8. The lowest BCUT2D eigenvalue weighted by atomic mass is 10.1. The number of nitrogens with two attached hydrogens (primary N) is 1. The van der Waals surface area contributed by atoms with Crippen LogP contribution in [0.3, 0.4) is 0 Å². The molecule has 7 nitrogen and oxygen atoms in total. The Hall–Kier alpha value is -3.45. The van der Waals surface area contributed by atoms with Crippen LogP contribution in [0.15, 0.2) is 54.7 Å². The van der Waals surface area contributed by atoms with Crippen LogP contribution in [0.1, 0.15) is 24.2 Å². The lowest BCUT2D eigenvalue weighted by Crippen LogP contribution is -2.34. The van der Waals surface area contributed by atoms with Crippen LogP contribution in [-0.2, 0) is 0 Å². The van der Waals surface area contributed by atoms with Gasteiger partial charge in [-0.25, -0.2) is 9.97 Å². The molecule has 0 unspecified atom stereocenters. The number of nitrogens with one attached hydrogen (secondary N) is 1. The van der Waals surface area contributed by atoms with Crippen molar-refractivity contribution in [2.24, 2.45) is 0 Å². The molecule has 0 saturated carbocycles. The summed E-state index contributed by atoms with van der Waals surface area (Å²) >= 11 is 0. The number of aromatic nitrogens is 2. The number of nitrogens with zero attached hydrogens (tertiary/aromatic N) is 3. The molecule has 1 amide bonds. The van der Waals surface area contributed by atoms with Crippen molar-refractivity contribution < 1.29 is 9.53 Å². The molecule has 0 aliphatic carbocycles. The van der Waals surface area contributed by atoms with Crippen LogP contribution in [0.4, 0.5) is 5.82 Å². The standard InChI is InChI=1S/C24H29N5O2/c1-4-29(5-2)13-12-26-24(30)19-10-6-8-17(14-19)21-16-27-23(25)22(28-21)18-9-7-11-20(15-18)31-3/h6-11,14-16H,4-5,12-13H2,1-3H3,(H2,25,27)(H,26,30). The summed E-state index contributed by atoms with van der Waals surface area (Å²) in [6, 6.07) is 14.9. The number of benzene rings is 2. The highest BCUT2D eigenvalue weighted by Crippen LogP contribution is 2.28. The summed E-state index contributed by atoms with van der Waals surface area (Å²) in [6.07, 6.45) is 1.62. The Labute approximate surface area is 183 Å². The lowest BCUT2D eigenvalue weighted by Gasteiger charge is -2.18. The molecule has 2 aromatic carbocycles. The van der Waals surface area contributed by atoms with Crippen LogP contribution in [0.5, 0.6) is 5.75 Å². The van der Waals surface area contributed by atoms with Crippen molar-refractivity contribution in [3.8, 4) is 28.3 Å². The molecular weight excluding hydrogens is 390 g/mol. The van der Waals surface area contributed by atoms with Gasteiger partial charge in [0, 0.05) is 29.8 Å². The van der Waals surface area contributed by atoms with E-state index < -0.39 is 0 Å². The van der Waals surface area contributed by atoms with E-state index >= 15 is 0 Å². The Bertz CT molecular complexity index is 1030. The molecule has 1 heterocycles. The topological polar surface area (TPSA) is 93.4 Å². The van der Waals surface area contributed by atoms with Crippen molar-refractivity contribution in [1.82, 2.24) is 20.2 Å². The molecule has 0 fully saturated rings. The van der Waals surface area contributed by atoms with Gasteiger partial charge in [-0.15, -0.1) is 0 Å². The van der Waals surface area contributed by atoms with E-state index in [0.29, 0.717) is 35.1 Å². The Morgan fingerprint density at radius 2 is 1.84 bits per heavy atom. The summed E-state index contributed by atoms with van der Waals surface area (Å²) in [5, 5.41) is 2.99. The third-order valence-corrected chi connectivity index (χ3v) is 5.17. The van der Waals surface area contributed by atoms with Gasteiger partial charge in [0.15, 0.2) is 0 Å². The number of anilines is 1. The van der Waals surface area contributed by atoms with E-state index in [9.17, 15) is 4.79 Å². The highest BCUT2D eigenvalue weighted by Gasteiger charge is 2.12. The van der Waals surface area contributed by atoms with E-state index in [-0.39, 0.29) is 5.91 Å². The highest BCUT2D eigenvalue weighted by atomic mass is 16.5. The summed E-state index contributed by atoms with van der Waals surface area (Å²) in [5.74, 6) is 0.945. The van der Waals surface area contributed by atoms with Gasteiger partial charge in [-0.2, -0.15) is 0 Å². The number of hydrogen-bond donors (Lipinski definition) is 2. The molecule has 3 aromatic rings. The first-order valence-corrected chi connectivity index (χ1v) is 10.4. The summed E-state index contributed by atoms with van der Waals surface area (Å²) < 4.78 is 5.30. The van der Waals surface area contributed by atoms with E-state index in [4.69, 9.17) is 15.5 Å². The summed E-state index contributed by atoms with van der Waals surface area (Å²) in [6.45, 7) is 7.59. The first-order valence-electron chi connectivity index (χ1n) is 10.4. The number of nitrogen functional groups attached to an aromatic ring is 1. The molecule has 0 aliphatic heterocycles. The summed E-state index contributed by atoms with van der Waals surface area (Å²) in [7, 11) is 1.61. The number of carbonyl (C=O) groups is 1. The van der Waals surface area contributed by atoms with Gasteiger partial charge in [0.25, 0.3) is 5.91 Å². The maximum atomic E-state index is 12.6. The van der Waals surface area contributed by atoms with Crippen LogP contribution in [0.25, 0.3) is 22.5 Å². The first kappa shape index (κ1) is 22.2. The molecule has 7 heteroatoms. The van der Waals surface area contributed by atoms with Gasteiger partial charge in [0.05, 0.1) is 19.0 Å². The fraction of sp³-hybridized carbons (Fsp3) is 0.292. The van der Waals surface area contributed by atoms with Crippen LogP contribution in [-0.4, -0.2) is 54.1 Å². The van der Waals surface area contributed by atoms with Gasteiger partial charge >= 0.3 is 0 Å². The fourth-order valence-corrected chi connectivity index (χ4v) is 3.31. The molecule has 162 valence electrons. The monoisotopic (exact) mass is 419 g/mol. The summed E-state index contributed by atoms with van der Waals surface area (Å²) in [4.78, 5) is 23.9. The van der Waals surface area contributed by atoms with Gasteiger partial charge in [-0.05, 0) is 37.4 Å². The second kappa shape index (κ2) is 10.5. The first-order chi connectivity index (χ1) is 15.0. The molecule has 0 bridgehead atoms. The van der Waals surface area contributed by atoms with Gasteiger partial charge in [0.2, 0.25) is 0 Å². The summed E-state index contributed by atoms with van der Waals surface area (Å²) in [5.41, 5.74) is 9.50. The van der Waals surface area contributed by atoms with Gasteiger partial charge in [-0.1, -0.05) is 38.1 Å². The predicted octanol–water partition coefficient (Wildman–Crippen LogP) is 3.47. The second-order valence-electron chi connectivity index (χ2n) is 7.08. The van der Waals surface area contributed by atoms with Crippen molar-refractivity contribution in [2.45, 2.75) is 13.8 Å². The Morgan fingerprint density at radius 3 is 2.58 bits per heavy atom. The molecule has 31 heavy (non-hydrogen) atoms. The van der Waals surface area contributed by atoms with Crippen LogP contribution in [0, 0.1) is 0 Å². The zero-order valence-corrected chi connectivity index (χ0v) is 18.3. The van der Waals surface area contributed by atoms with Gasteiger partial charge in [0.1, 0.15) is 17.3 Å². The number of methoxy groups -OCH3 is 1. The second-order valence-corrected chi connectivity index (χ2v) is 7.08. The largest absolute Gasteiger partial charge is 0.497 e. The van der Waals surface area contributed by atoms with E-state index in [1.54, 1.807) is 19.4 Å². The fourth-order valence-electron chi connectivity index (χ4n) is 3.31. The van der Waals surface area contributed by atoms with Gasteiger partial charge < -0.3 is 20.7 Å². The molecule has 0 spiro atoms. The molecule has 3 rings (SSSR count). The molecule has 0 radical (unpaired) electrons. The number of ether oxygens (including phenoxy) is 1. The SMILES string of the molecule is CCN(CC)CCNC(=O)c1cccc(-c2cnc(N)c(-c3cccc(OC)c3)n2)c1. The molecule has 0 saturated heterocycles. The highest BCUT2D eigenvalue weighted by molar-refractivity contribution is 5.95. The number of hydrogen-bond acceptors (Lipinski definition) is 6. The Balaban J connectivity index is 1.81. The third-order valence-electron chi connectivity index (χ3n) is 5.17. The Morgan fingerprint density at radius 1 is 1.10 bits per heavy atom. The zero-order valence-electron chi connectivity index (χ0n) is 18.3. The van der Waals surface area contributed by atoms with Crippen molar-refractivity contribution >= 4 is 11.7 Å². The minimum atomic E-state index is -0.106. The average Bonchev–Trinajstić information content (AvgIpc) is 2.82. The van der Waals surface area contributed by atoms with Crippen molar-refractivity contribution in [1.29, 1.82) is 0 Å². The van der Waals surface area contributed by atoms with Gasteiger partial charge in [-0.3, -0.25) is 4.79 Å². The third kappa shape index (κ3) is 5.58. The van der Waals surface area contributed by atoms with Crippen molar-refractivity contribution in [3.63, 3.8) is 0 Å². The molecule has 1 aromatic heterocycles. The van der Waals surface area contributed by atoms with E-state index in [1.165, 1.54) is 0 Å². The van der Waals surface area contributed by atoms with E-state index in [0.717, 1.165) is 30.8 Å². The number of amides is 1.